The van der Waals surface area contributed by atoms with Crippen molar-refractivity contribution in [1.29, 1.82) is 0 Å². The number of unbranched alkanes of at least 4 members (excludes halogenated alkanes) is 1. The van der Waals surface area contributed by atoms with Crippen LogP contribution in [0.1, 0.15) is 33.1 Å². The predicted molar refractivity (Wildman–Crippen MR) is 79.3 cm³/mol. The third-order valence-electron chi connectivity index (χ3n) is 3.61. The Balaban J connectivity index is 2.30. The summed E-state index contributed by atoms with van der Waals surface area (Å²) in [6, 6.07) is -1.28. The number of nitrogens with zero attached hydrogens (tertiary/aromatic N) is 1. The van der Waals surface area contributed by atoms with E-state index in [4.69, 9.17) is 9.84 Å². The number of carbonyl (C=O) groups excluding carboxylic acids is 1. The Labute approximate surface area is 126 Å². The van der Waals surface area contributed by atoms with Crippen molar-refractivity contribution < 1.29 is 19.4 Å². The maximum Gasteiger partial charge on any atom is 0.326 e. The van der Waals surface area contributed by atoms with Crippen molar-refractivity contribution in [2.24, 2.45) is 0 Å². The Morgan fingerprint density at radius 3 is 2.81 bits per heavy atom. The maximum absolute atomic E-state index is 11.8. The molecule has 0 aromatic heterocycles. The van der Waals surface area contributed by atoms with E-state index >= 15 is 0 Å². The fraction of sp³-hybridized carbons (Fsp3) is 0.857. The fourth-order valence-electron chi connectivity index (χ4n) is 2.27. The van der Waals surface area contributed by atoms with Gasteiger partial charge in [-0.2, -0.15) is 0 Å². The Morgan fingerprint density at radius 2 is 2.19 bits per heavy atom. The van der Waals surface area contributed by atoms with E-state index in [1.807, 2.05) is 6.92 Å². The van der Waals surface area contributed by atoms with E-state index < -0.39 is 18.0 Å². The Morgan fingerprint density at radius 1 is 1.43 bits per heavy atom. The molecule has 0 saturated carbocycles. The number of carboxylic acid groups (broad SMARTS) is 1. The number of aliphatic carboxylic acids is 1. The SMILES string of the molecule is CCCCC(NC(=O)NCC1CN(CC)CCO1)C(=O)O. The van der Waals surface area contributed by atoms with Gasteiger partial charge in [-0.05, 0) is 13.0 Å². The number of hydrogen-bond donors (Lipinski definition) is 3. The topological polar surface area (TPSA) is 90.9 Å². The number of ether oxygens (including phenoxy) is 1. The van der Waals surface area contributed by atoms with Crippen LogP contribution in [-0.2, 0) is 9.53 Å². The fourth-order valence-corrected chi connectivity index (χ4v) is 2.27. The summed E-state index contributed by atoms with van der Waals surface area (Å²) < 4.78 is 5.58. The first-order valence-electron chi connectivity index (χ1n) is 7.67. The molecule has 7 heteroatoms. The summed E-state index contributed by atoms with van der Waals surface area (Å²) in [5, 5.41) is 14.2. The standard InChI is InChI=1S/C14H27N3O4/c1-3-5-6-12(13(18)19)16-14(20)15-9-11-10-17(4-2)7-8-21-11/h11-12H,3-10H2,1-2H3,(H,18,19)(H2,15,16,20). The first-order chi connectivity index (χ1) is 10.1. The monoisotopic (exact) mass is 301 g/mol. The van der Waals surface area contributed by atoms with Crippen molar-refractivity contribution in [2.75, 3.05) is 32.8 Å². The summed E-state index contributed by atoms with van der Waals surface area (Å²) in [6.07, 6.45) is 2.08. The summed E-state index contributed by atoms with van der Waals surface area (Å²) in [5.41, 5.74) is 0. The molecule has 0 radical (unpaired) electrons. The van der Waals surface area contributed by atoms with Gasteiger partial charge in [0.2, 0.25) is 0 Å². The van der Waals surface area contributed by atoms with Gasteiger partial charge in [-0.15, -0.1) is 0 Å². The van der Waals surface area contributed by atoms with Crippen LogP contribution < -0.4 is 10.6 Å². The quantitative estimate of drug-likeness (QED) is 0.612. The smallest absolute Gasteiger partial charge is 0.326 e. The highest BCUT2D eigenvalue weighted by molar-refractivity contribution is 5.82. The van der Waals surface area contributed by atoms with E-state index in [1.165, 1.54) is 0 Å². The molecule has 3 N–H and O–H groups in total. The average molecular weight is 301 g/mol. The third kappa shape index (κ3) is 6.77. The lowest BCUT2D eigenvalue weighted by Gasteiger charge is -2.32. The van der Waals surface area contributed by atoms with Gasteiger partial charge in [0.1, 0.15) is 6.04 Å². The Kier molecular flexibility index (Phi) is 8.07. The zero-order chi connectivity index (χ0) is 15.7. The van der Waals surface area contributed by atoms with Crippen molar-refractivity contribution in [3.63, 3.8) is 0 Å². The number of carbonyl (C=O) groups is 2. The van der Waals surface area contributed by atoms with Gasteiger partial charge < -0.3 is 20.5 Å². The summed E-state index contributed by atoms with van der Waals surface area (Å²) >= 11 is 0. The zero-order valence-corrected chi connectivity index (χ0v) is 12.9. The van der Waals surface area contributed by atoms with Gasteiger partial charge in [0.05, 0.1) is 12.7 Å². The van der Waals surface area contributed by atoms with Crippen molar-refractivity contribution in [2.45, 2.75) is 45.3 Å². The first kappa shape index (κ1) is 17.7. The molecule has 2 amide bonds. The molecule has 1 heterocycles. The third-order valence-corrected chi connectivity index (χ3v) is 3.61. The van der Waals surface area contributed by atoms with Gasteiger partial charge in [-0.1, -0.05) is 26.7 Å². The van der Waals surface area contributed by atoms with Crippen molar-refractivity contribution in [3.8, 4) is 0 Å². The van der Waals surface area contributed by atoms with Crippen LogP contribution in [0.3, 0.4) is 0 Å². The molecule has 1 fully saturated rings. The Bertz CT molecular complexity index is 338. The number of rotatable bonds is 8. The molecule has 0 aromatic rings. The van der Waals surface area contributed by atoms with E-state index in [0.717, 1.165) is 32.5 Å². The van der Waals surface area contributed by atoms with Crippen LogP contribution >= 0.6 is 0 Å². The second-order valence-corrected chi connectivity index (χ2v) is 5.27. The molecular weight excluding hydrogens is 274 g/mol. The van der Waals surface area contributed by atoms with Crippen molar-refractivity contribution in [3.05, 3.63) is 0 Å². The van der Waals surface area contributed by atoms with E-state index in [0.29, 0.717) is 19.6 Å². The minimum Gasteiger partial charge on any atom is -0.480 e. The van der Waals surface area contributed by atoms with E-state index in [-0.39, 0.29) is 6.10 Å². The number of amides is 2. The first-order valence-corrected chi connectivity index (χ1v) is 7.67. The summed E-state index contributed by atoms with van der Waals surface area (Å²) in [4.78, 5) is 25.1. The van der Waals surface area contributed by atoms with Crippen LogP contribution in [0.5, 0.6) is 0 Å². The maximum atomic E-state index is 11.8. The predicted octanol–water partition coefficient (Wildman–Crippen LogP) is 0.650. The van der Waals surface area contributed by atoms with Crippen LogP contribution in [0.25, 0.3) is 0 Å². The molecule has 2 atom stereocenters. The molecule has 1 saturated heterocycles. The highest BCUT2D eigenvalue weighted by Crippen LogP contribution is 2.04. The van der Waals surface area contributed by atoms with Gasteiger partial charge in [0.25, 0.3) is 0 Å². The molecular formula is C14H27N3O4. The number of morpholine rings is 1. The van der Waals surface area contributed by atoms with Crippen LogP contribution in [0.4, 0.5) is 4.79 Å². The zero-order valence-electron chi connectivity index (χ0n) is 12.9. The van der Waals surface area contributed by atoms with Crippen LogP contribution in [0, 0.1) is 0 Å². The normalized spacial score (nSPS) is 20.8. The van der Waals surface area contributed by atoms with Gasteiger partial charge in [0.15, 0.2) is 0 Å². The highest BCUT2D eigenvalue weighted by atomic mass is 16.5. The molecule has 2 unspecified atom stereocenters. The van der Waals surface area contributed by atoms with Gasteiger partial charge in [-0.3, -0.25) is 4.90 Å². The van der Waals surface area contributed by atoms with Crippen molar-refractivity contribution >= 4 is 12.0 Å². The molecule has 122 valence electrons. The summed E-state index contributed by atoms with van der Waals surface area (Å²) in [6.45, 7) is 7.79. The molecule has 21 heavy (non-hydrogen) atoms. The molecule has 0 bridgehead atoms. The molecule has 1 aliphatic rings. The number of urea groups is 1. The molecule has 1 aliphatic heterocycles. The number of hydrogen-bond acceptors (Lipinski definition) is 4. The molecule has 7 nitrogen and oxygen atoms in total. The van der Waals surface area contributed by atoms with Crippen LogP contribution in [0.2, 0.25) is 0 Å². The second-order valence-electron chi connectivity index (χ2n) is 5.27. The van der Waals surface area contributed by atoms with Gasteiger partial charge >= 0.3 is 12.0 Å². The van der Waals surface area contributed by atoms with E-state index in [1.54, 1.807) is 0 Å². The Hall–Kier alpha value is -1.34. The highest BCUT2D eigenvalue weighted by Gasteiger charge is 2.22. The summed E-state index contributed by atoms with van der Waals surface area (Å²) in [5.74, 6) is -0.996. The largest absolute Gasteiger partial charge is 0.480 e. The number of nitrogens with one attached hydrogen (secondary N) is 2. The van der Waals surface area contributed by atoms with Crippen LogP contribution in [-0.4, -0.2) is 66.9 Å². The van der Waals surface area contributed by atoms with Crippen LogP contribution in [0.15, 0.2) is 0 Å². The van der Waals surface area contributed by atoms with Gasteiger partial charge in [0, 0.05) is 19.6 Å². The number of carboxylic acids is 1. The van der Waals surface area contributed by atoms with Crippen molar-refractivity contribution in [1.82, 2.24) is 15.5 Å². The molecule has 0 spiro atoms. The lowest BCUT2D eigenvalue weighted by molar-refractivity contribution is -0.139. The minimum absolute atomic E-state index is 0.0385. The van der Waals surface area contributed by atoms with Gasteiger partial charge in [-0.25, -0.2) is 9.59 Å². The van der Waals surface area contributed by atoms with E-state index in [9.17, 15) is 9.59 Å². The molecule has 1 rings (SSSR count). The minimum atomic E-state index is -0.996. The number of likely N-dealkylation sites (N-methyl/N-ethyl adjacent to an activating group) is 1. The lowest BCUT2D eigenvalue weighted by Crippen LogP contribution is -2.51. The summed E-state index contributed by atoms with van der Waals surface area (Å²) in [7, 11) is 0. The molecule has 0 aliphatic carbocycles. The average Bonchev–Trinajstić information content (AvgIpc) is 2.49. The lowest BCUT2D eigenvalue weighted by atomic mass is 10.1. The molecule has 0 aromatic carbocycles. The van der Waals surface area contributed by atoms with E-state index in [2.05, 4.69) is 22.5 Å². The second kappa shape index (κ2) is 9.57.